The maximum absolute atomic E-state index is 12.3. The molecule has 2 rings (SSSR count). The van der Waals surface area contributed by atoms with Crippen LogP contribution in [0.25, 0.3) is 0 Å². The number of benzene rings is 1. The van der Waals surface area contributed by atoms with E-state index >= 15 is 0 Å². The molecule has 110 valence electrons. The molecule has 0 spiro atoms. The first-order valence-corrected chi connectivity index (χ1v) is 5.83. The van der Waals surface area contributed by atoms with Crippen molar-refractivity contribution in [2.24, 2.45) is 0 Å². The summed E-state index contributed by atoms with van der Waals surface area (Å²) in [6.07, 6.45) is -0.780. The number of ether oxygens (including phenoxy) is 1. The van der Waals surface area contributed by atoms with Gasteiger partial charge in [-0.15, -0.1) is 13.2 Å². The number of alkyl halides is 3. The zero-order valence-corrected chi connectivity index (χ0v) is 10.6. The average Bonchev–Trinajstić information content (AvgIpc) is 2.45. The molecule has 0 saturated carbocycles. The van der Waals surface area contributed by atoms with Gasteiger partial charge in [0, 0.05) is 24.5 Å². The molecule has 5 nitrogen and oxygen atoms in total. The number of amides is 1. The topological polar surface area (TPSA) is 64.1 Å². The molecule has 0 atom stereocenters. The summed E-state index contributed by atoms with van der Waals surface area (Å²) in [6.45, 7) is -0.123. The van der Waals surface area contributed by atoms with E-state index in [0.717, 1.165) is 0 Å². The van der Waals surface area contributed by atoms with Crippen molar-refractivity contribution < 1.29 is 22.7 Å². The van der Waals surface area contributed by atoms with Gasteiger partial charge in [-0.3, -0.25) is 9.78 Å². The Kier molecular flexibility index (Phi) is 4.36. The maximum Gasteiger partial charge on any atom is 0.573 e. The van der Waals surface area contributed by atoms with Crippen LogP contribution in [0.4, 0.5) is 13.2 Å². The molecule has 0 aliphatic carbocycles. The Morgan fingerprint density at radius 2 is 2.00 bits per heavy atom. The minimum Gasteiger partial charge on any atom is -0.405 e. The molecule has 0 saturated heterocycles. The number of nitrogens with zero attached hydrogens (tertiary/aromatic N) is 2. The van der Waals surface area contributed by atoms with Crippen LogP contribution in [-0.4, -0.2) is 22.2 Å². The highest BCUT2D eigenvalue weighted by molar-refractivity contribution is 5.91. The number of rotatable bonds is 4. The summed E-state index contributed by atoms with van der Waals surface area (Å²) in [5.41, 5.74) is 0.277. The summed E-state index contributed by atoms with van der Waals surface area (Å²) in [6, 6.07) is 5.57. The van der Waals surface area contributed by atoms with E-state index in [1.165, 1.54) is 36.8 Å². The van der Waals surface area contributed by atoms with Crippen molar-refractivity contribution in [1.29, 1.82) is 0 Å². The Labute approximate surface area is 117 Å². The van der Waals surface area contributed by atoms with Crippen molar-refractivity contribution in [3.8, 4) is 5.75 Å². The third-order valence-corrected chi connectivity index (χ3v) is 2.43. The fourth-order valence-electron chi connectivity index (χ4n) is 1.56. The van der Waals surface area contributed by atoms with Gasteiger partial charge in [-0.2, -0.15) is 0 Å². The second kappa shape index (κ2) is 6.21. The quantitative estimate of drug-likeness (QED) is 0.940. The predicted octanol–water partition coefficient (Wildman–Crippen LogP) is 2.31. The second-order valence-corrected chi connectivity index (χ2v) is 3.93. The largest absolute Gasteiger partial charge is 0.573 e. The number of halogens is 3. The van der Waals surface area contributed by atoms with Crippen molar-refractivity contribution in [2.45, 2.75) is 12.9 Å². The lowest BCUT2D eigenvalue weighted by atomic mass is 10.2. The minimum atomic E-state index is -4.79. The van der Waals surface area contributed by atoms with Gasteiger partial charge in [0.2, 0.25) is 0 Å². The van der Waals surface area contributed by atoms with Gasteiger partial charge < -0.3 is 10.1 Å². The molecule has 1 N–H and O–H groups in total. The van der Waals surface area contributed by atoms with Crippen molar-refractivity contribution in [2.75, 3.05) is 0 Å². The summed E-state index contributed by atoms with van der Waals surface area (Å²) in [4.78, 5) is 19.3. The Bertz CT molecular complexity index is 618. The molecule has 8 heteroatoms. The Hall–Kier alpha value is -2.64. The van der Waals surface area contributed by atoms with Crippen LogP contribution in [0, 0.1) is 0 Å². The summed E-state index contributed by atoms with van der Waals surface area (Å²) in [5, 5.41) is 2.45. The highest BCUT2D eigenvalue weighted by atomic mass is 19.4. The van der Waals surface area contributed by atoms with Gasteiger partial charge in [0.25, 0.3) is 5.91 Å². The predicted molar refractivity (Wildman–Crippen MR) is 66.3 cm³/mol. The van der Waals surface area contributed by atoms with E-state index in [0.29, 0.717) is 0 Å². The van der Waals surface area contributed by atoms with Crippen molar-refractivity contribution in [3.63, 3.8) is 0 Å². The molecule has 0 bridgehead atoms. The van der Waals surface area contributed by atoms with E-state index in [9.17, 15) is 18.0 Å². The van der Waals surface area contributed by atoms with Gasteiger partial charge in [-0.05, 0) is 6.07 Å². The second-order valence-electron chi connectivity index (χ2n) is 3.93. The van der Waals surface area contributed by atoms with Crippen molar-refractivity contribution >= 4 is 5.91 Å². The van der Waals surface area contributed by atoms with Crippen LogP contribution in [0.1, 0.15) is 16.1 Å². The minimum absolute atomic E-state index is 0.0757. The molecule has 0 radical (unpaired) electrons. The van der Waals surface area contributed by atoms with E-state index in [2.05, 4.69) is 20.0 Å². The zero-order chi connectivity index (χ0) is 15.3. The smallest absolute Gasteiger partial charge is 0.405 e. The van der Waals surface area contributed by atoms with Gasteiger partial charge in [0.05, 0.1) is 6.20 Å². The standard InChI is InChI=1S/C13H10F3N3O2/c14-13(15,16)21-11-4-2-1-3-9(11)7-19-12(20)10-8-17-5-6-18-10/h1-6,8H,7H2,(H,19,20). The normalized spacial score (nSPS) is 11.0. The van der Waals surface area contributed by atoms with E-state index in [1.807, 2.05) is 0 Å². The van der Waals surface area contributed by atoms with E-state index < -0.39 is 12.3 Å². The highest BCUT2D eigenvalue weighted by Crippen LogP contribution is 2.26. The molecule has 0 unspecified atom stereocenters. The fraction of sp³-hybridized carbons (Fsp3) is 0.154. The molecule has 1 amide bonds. The van der Waals surface area contributed by atoms with Crippen molar-refractivity contribution in [3.05, 3.63) is 54.1 Å². The van der Waals surface area contributed by atoms with Gasteiger partial charge in [-0.25, -0.2) is 4.98 Å². The molecule has 0 aliphatic heterocycles. The Morgan fingerprint density at radius 1 is 1.24 bits per heavy atom. The van der Waals surface area contributed by atoms with E-state index in [4.69, 9.17) is 0 Å². The third-order valence-electron chi connectivity index (χ3n) is 2.43. The third kappa shape index (κ3) is 4.44. The molecule has 1 aromatic heterocycles. The number of carbonyl (C=O) groups is 1. The van der Waals surface area contributed by atoms with Crippen LogP contribution in [0.3, 0.4) is 0 Å². The molecule has 1 aromatic carbocycles. The van der Waals surface area contributed by atoms with Crippen LogP contribution in [-0.2, 0) is 6.54 Å². The first-order valence-electron chi connectivity index (χ1n) is 5.83. The van der Waals surface area contributed by atoms with E-state index in [-0.39, 0.29) is 23.6 Å². The number of carbonyl (C=O) groups excluding carboxylic acids is 1. The van der Waals surface area contributed by atoms with Crippen LogP contribution in [0.2, 0.25) is 0 Å². The van der Waals surface area contributed by atoms with Crippen LogP contribution >= 0.6 is 0 Å². The molecule has 21 heavy (non-hydrogen) atoms. The lowest BCUT2D eigenvalue weighted by Gasteiger charge is -2.13. The molecule has 2 aromatic rings. The van der Waals surface area contributed by atoms with Crippen molar-refractivity contribution in [1.82, 2.24) is 15.3 Å². The Balaban J connectivity index is 2.05. The summed E-state index contributed by atoms with van der Waals surface area (Å²) in [7, 11) is 0. The Morgan fingerprint density at radius 3 is 2.67 bits per heavy atom. The maximum atomic E-state index is 12.3. The fourth-order valence-corrected chi connectivity index (χ4v) is 1.56. The lowest BCUT2D eigenvalue weighted by Crippen LogP contribution is -2.25. The lowest BCUT2D eigenvalue weighted by molar-refractivity contribution is -0.274. The van der Waals surface area contributed by atoms with Gasteiger partial charge in [-0.1, -0.05) is 18.2 Å². The zero-order valence-electron chi connectivity index (χ0n) is 10.6. The van der Waals surface area contributed by atoms with Crippen LogP contribution in [0.15, 0.2) is 42.9 Å². The first-order chi connectivity index (χ1) is 9.96. The van der Waals surface area contributed by atoms with Crippen LogP contribution < -0.4 is 10.1 Å². The monoisotopic (exact) mass is 297 g/mol. The number of hydrogen-bond acceptors (Lipinski definition) is 4. The number of nitrogens with one attached hydrogen (secondary N) is 1. The van der Waals surface area contributed by atoms with E-state index in [1.54, 1.807) is 6.07 Å². The van der Waals surface area contributed by atoms with Gasteiger partial charge >= 0.3 is 6.36 Å². The number of hydrogen-bond donors (Lipinski definition) is 1. The SMILES string of the molecule is O=C(NCc1ccccc1OC(F)(F)F)c1cnccn1. The highest BCUT2D eigenvalue weighted by Gasteiger charge is 2.31. The molecular formula is C13H10F3N3O2. The summed E-state index contributed by atoms with van der Waals surface area (Å²) >= 11 is 0. The first kappa shape index (κ1) is 14.8. The summed E-state index contributed by atoms with van der Waals surface area (Å²) in [5.74, 6) is -0.894. The average molecular weight is 297 g/mol. The molecular weight excluding hydrogens is 287 g/mol. The molecule has 1 heterocycles. The van der Waals surface area contributed by atoms with Gasteiger partial charge in [0.1, 0.15) is 11.4 Å². The number of para-hydroxylation sites is 1. The molecule has 0 aliphatic rings. The molecule has 0 fully saturated rings. The van der Waals surface area contributed by atoms with Crippen LogP contribution in [0.5, 0.6) is 5.75 Å². The van der Waals surface area contributed by atoms with Gasteiger partial charge in [0.15, 0.2) is 0 Å². The summed E-state index contributed by atoms with van der Waals surface area (Å²) < 4.78 is 40.7. The number of aromatic nitrogens is 2.